The number of rotatable bonds is 6. The highest BCUT2D eigenvalue weighted by atomic mass is 32.2. The molecule has 1 aromatic carbocycles. The van der Waals surface area contributed by atoms with Crippen molar-refractivity contribution in [2.24, 2.45) is 0 Å². The third-order valence-corrected chi connectivity index (χ3v) is 5.09. The standard InChI is InChI=1S/C15H14F3N3O4S/c1-26(23,24)21(11-6-7-11)8-12(22)9-2-4-10(5-3-9)13-19-14(25-20-13)15(16,17)18/h2-5,11H,6-8H2,1H3. The van der Waals surface area contributed by atoms with Crippen LogP contribution < -0.4 is 0 Å². The van der Waals surface area contributed by atoms with E-state index in [1.165, 1.54) is 24.3 Å². The van der Waals surface area contributed by atoms with E-state index in [-0.39, 0.29) is 29.5 Å². The van der Waals surface area contributed by atoms with Crippen molar-refractivity contribution >= 4 is 15.8 Å². The lowest BCUT2D eigenvalue weighted by molar-refractivity contribution is -0.159. The molecule has 0 radical (unpaired) electrons. The predicted molar refractivity (Wildman–Crippen MR) is 83.6 cm³/mol. The Bertz CT molecular complexity index is 918. The minimum absolute atomic E-state index is 0.145. The Labute approximate surface area is 146 Å². The van der Waals surface area contributed by atoms with Gasteiger partial charge in [0.2, 0.25) is 15.8 Å². The molecule has 11 heteroatoms. The molecule has 1 saturated carbocycles. The van der Waals surface area contributed by atoms with Gasteiger partial charge in [-0.3, -0.25) is 4.79 Å². The van der Waals surface area contributed by atoms with Crippen LogP contribution >= 0.6 is 0 Å². The summed E-state index contributed by atoms with van der Waals surface area (Å²) in [6, 6.07) is 5.37. The summed E-state index contributed by atoms with van der Waals surface area (Å²) in [6.07, 6.45) is -2.24. The van der Waals surface area contributed by atoms with Gasteiger partial charge in [0.15, 0.2) is 5.78 Å². The Morgan fingerprint density at radius 3 is 2.35 bits per heavy atom. The number of aromatic nitrogens is 2. The normalized spacial score (nSPS) is 15.4. The van der Waals surface area contributed by atoms with Gasteiger partial charge in [0, 0.05) is 17.2 Å². The highest BCUT2D eigenvalue weighted by molar-refractivity contribution is 7.88. The quantitative estimate of drug-likeness (QED) is 0.704. The fraction of sp³-hybridized carbons (Fsp3) is 0.400. The maximum Gasteiger partial charge on any atom is 0.471 e. The van der Waals surface area contributed by atoms with Crippen molar-refractivity contribution in [3.63, 3.8) is 0 Å². The van der Waals surface area contributed by atoms with Crippen LogP contribution in [0.3, 0.4) is 0 Å². The van der Waals surface area contributed by atoms with Gasteiger partial charge in [-0.2, -0.15) is 22.5 Å². The second-order valence-corrected chi connectivity index (χ2v) is 7.90. The molecule has 0 saturated heterocycles. The van der Waals surface area contributed by atoms with E-state index in [1.54, 1.807) is 0 Å². The largest absolute Gasteiger partial charge is 0.471 e. The Hall–Kier alpha value is -2.27. The summed E-state index contributed by atoms with van der Waals surface area (Å²) < 4.78 is 66.3. The van der Waals surface area contributed by atoms with E-state index in [0.717, 1.165) is 23.4 Å². The van der Waals surface area contributed by atoms with Gasteiger partial charge in [0.25, 0.3) is 0 Å². The number of ketones is 1. The molecule has 140 valence electrons. The maximum absolute atomic E-state index is 12.5. The summed E-state index contributed by atoms with van der Waals surface area (Å²) in [5.74, 6) is -2.12. The van der Waals surface area contributed by atoms with E-state index in [9.17, 15) is 26.4 Å². The molecule has 0 atom stereocenters. The SMILES string of the molecule is CS(=O)(=O)N(CC(=O)c1ccc(-c2noc(C(F)(F)F)n2)cc1)C1CC1. The van der Waals surface area contributed by atoms with Crippen LogP contribution in [-0.2, 0) is 16.2 Å². The molecular weight excluding hydrogens is 375 g/mol. The Kier molecular flexibility index (Phi) is 4.61. The first-order chi connectivity index (χ1) is 12.1. The van der Waals surface area contributed by atoms with Crippen molar-refractivity contribution in [1.29, 1.82) is 0 Å². The molecule has 7 nitrogen and oxygen atoms in total. The number of hydrogen-bond donors (Lipinski definition) is 0. The first kappa shape index (κ1) is 18.5. The van der Waals surface area contributed by atoms with Crippen molar-refractivity contribution in [3.8, 4) is 11.4 Å². The number of carbonyl (C=O) groups is 1. The first-order valence-corrected chi connectivity index (χ1v) is 9.42. The lowest BCUT2D eigenvalue weighted by Gasteiger charge is -2.18. The molecule has 0 spiro atoms. The van der Waals surface area contributed by atoms with Crippen molar-refractivity contribution in [2.45, 2.75) is 25.1 Å². The lowest BCUT2D eigenvalue weighted by Crippen LogP contribution is -2.36. The molecular formula is C15H14F3N3O4S. The summed E-state index contributed by atoms with van der Waals surface area (Å²) in [7, 11) is -3.49. The van der Waals surface area contributed by atoms with Crippen LogP contribution in [0, 0.1) is 0 Å². The van der Waals surface area contributed by atoms with Crippen molar-refractivity contribution in [2.75, 3.05) is 12.8 Å². The second-order valence-electron chi connectivity index (χ2n) is 5.96. The average Bonchev–Trinajstić information content (AvgIpc) is 3.24. The van der Waals surface area contributed by atoms with Crippen molar-refractivity contribution < 1.29 is 30.9 Å². The van der Waals surface area contributed by atoms with Gasteiger partial charge in [-0.1, -0.05) is 29.4 Å². The summed E-state index contributed by atoms with van der Waals surface area (Å²) in [5.41, 5.74) is 0.477. The van der Waals surface area contributed by atoms with Crippen LogP contribution in [0.15, 0.2) is 28.8 Å². The van der Waals surface area contributed by atoms with Crippen LogP contribution in [0.1, 0.15) is 29.1 Å². The number of halogens is 3. The van der Waals surface area contributed by atoms with Gasteiger partial charge in [-0.25, -0.2) is 8.42 Å². The number of alkyl halides is 3. The minimum atomic E-state index is -4.74. The number of carbonyl (C=O) groups excluding carboxylic acids is 1. The van der Waals surface area contributed by atoms with Crippen molar-refractivity contribution in [1.82, 2.24) is 14.4 Å². The van der Waals surface area contributed by atoms with E-state index in [1.807, 2.05) is 0 Å². The fourth-order valence-corrected chi connectivity index (χ4v) is 3.48. The van der Waals surface area contributed by atoms with Crippen LogP contribution in [-0.4, -0.2) is 47.5 Å². The number of Topliss-reactive ketones (excluding diaryl/α,β-unsaturated/α-hetero) is 1. The Balaban J connectivity index is 1.75. The summed E-state index contributed by atoms with van der Waals surface area (Å²) in [5, 5.41) is 3.26. The molecule has 2 aromatic rings. The van der Waals surface area contributed by atoms with Gasteiger partial charge in [0.1, 0.15) is 0 Å². The zero-order valence-corrected chi connectivity index (χ0v) is 14.3. The van der Waals surface area contributed by atoms with Crippen LogP contribution in [0.25, 0.3) is 11.4 Å². The van der Waals surface area contributed by atoms with Gasteiger partial charge in [0.05, 0.1) is 12.8 Å². The molecule has 0 amide bonds. The number of sulfonamides is 1. The number of nitrogens with zero attached hydrogens (tertiary/aromatic N) is 3. The number of hydrogen-bond acceptors (Lipinski definition) is 6. The monoisotopic (exact) mass is 389 g/mol. The summed E-state index contributed by atoms with van der Waals surface area (Å²) in [4.78, 5) is 15.6. The summed E-state index contributed by atoms with van der Waals surface area (Å²) >= 11 is 0. The Morgan fingerprint density at radius 1 is 1.27 bits per heavy atom. The van der Waals surface area contributed by atoms with Crippen LogP contribution in [0.4, 0.5) is 13.2 Å². The molecule has 1 heterocycles. The van der Waals surface area contributed by atoms with Crippen LogP contribution in [0.5, 0.6) is 0 Å². The zero-order chi connectivity index (χ0) is 19.1. The van der Waals surface area contributed by atoms with Crippen molar-refractivity contribution in [3.05, 3.63) is 35.7 Å². The van der Waals surface area contributed by atoms with Gasteiger partial charge < -0.3 is 4.52 Å². The van der Waals surface area contributed by atoms with E-state index in [2.05, 4.69) is 14.7 Å². The molecule has 0 unspecified atom stereocenters. The molecule has 26 heavy (non-hydrogen) atoms. The minimum Gasteiger partial charge on any atom is -0.329 e. The highest BCUT2D eigenvalue weighted by Crippen LogP contribution is 2.30. The molecule has 1 aromatic heterocycles. The van der Waals surface area contributed by atoms with E-state index < -0.39 is 27.9 Å². The molecule has 0 N–H and O–H groups in total. The first-order valence-electron chi connectivity index (χ1n) is 7.57. The van der Waals surface area contributed by atoms with Gasteiger partial charge in [-0.05, 0) is 12.8 Å². The smallest absolute Gasteiger partial charge is 0.329 e. The van der Waals surface area contributed by atoms with Crippen LogP contribution in [0.2, 0.25) is 0 Å². The van der Waals surface area contributed by atoms with E-state index in [4.69, 9.17) is 0 Å². The average molecular weight is 389 g/mol. The Morgan fingerprint density at radius 2 is 1.88 bits per heavy atom. The summed E-state index contributed by atoms with van der Waals surface area (Å²) in [6.45, 7) is -0.275. The molecule has 1 fully saturated rings. The molecule has 0 aliphatic heterocycles. The maximum atomic E-state index is 12.5. The van der Waals surface area contributed by atoms with Gasteiger partial charge >= 0.3 is 12.1 Å². The van der Waals surface area contributed by atoms with E-state index in [0.29, 0.717) is 0 Å². The fourth-order valence-electron chi connectivity index (χ4n) is 2.37. The third-order valence-electron chi connectivity index (χ3n) is 3.81. The molecule has 0 bridgehead atoms. The third kappa shape index (κ3) is 4.10. The molecule has 3 rings (SSSR count). The molecule has 1 aliphatic carbocycles. The topological polar surface area (TPSA) is 93.4 Å². The predicted octanol–water partition coefficient (Wildman–Crippen LogP) is 2.36. The lowest BCUT2D eigenvalue weighted by atomic mass is 10.1. The zero-order valence-electron chi connectivity index (χ0n) is 13.5. The van der Waals surface area contributed by atoms with E-state index >= 15 is 0 Å². The molecule has 1 aliphatic rings. The second kappa shape index (κ2) is 6.47. The number of benzene rings is 1. The highest BCUT2D eigenvalue weighted by Gasteiger charge is 2.38. The van der Waals surface area contributed by atoms with Gasteiger partial charge in [-0.15, -0.1) is 0 Å².